The summed E-state index contributed by atoms with van der Waals surface area (Å²) in [6, 6.07) is 2.56. The molecule has 182 valence electrons. The quantitative estimate of drug-likeness (QED) is 0.253. The van der Waals surface area contributed by atoms with Crippen molar-refractivity contribution in [3.8, 4) is 16.9 Å². The van der Waals surface area contributed by atoms with Crippen molar-refractivity contribution in [1.82, 2.24) is 14.9 Å². The van der Waals surface area contributed by atoms with E-state index in [4.69, 9.17) is 26.8 Å². The van der Waals surface area contributed by atoms with Gasteiger partial charge in [-0.1, -0.05) is 0 Å². The van der Waals surface area contributed by atoms with Crippen LogP contribution < -0.4 is 10.5 Å². The first-order valence-electron chi connectivity index (χ1n) is 10.7. The average molecular weight is 492 g/mol. The number of ether oxygens (including phenoxy) is 2. The van der Waals surface area contributed by atoms with Crippen molar-refractivity contribution in [1.29, 1.82) is 0 Å². The number of nitrogens with zero attached hydrogens (tertiary/aromatic N) is 4. The fourth-order valence-electron chi connectivity index (χ4n) is 3.50. The lowest BCUT2D eigenvalue weighted by atomic mass is 9.95. The highest BCUT2D eigenvalue weighted by Gasteiger charge is 2.33. The number of likely N-dealkylation sites (tertiary alicyclic amines) is 1. The molecule has 34 heavy (non-hydrogen) atoms. The molecule has 2 aromatic rings. The minimum Gasteiger partial charge on any atom is -0.487 e. The summed E-state index contributed by atoms with van der Waals surface area (Å²) in [4.78, 5) is 44.4. The maximum absolute atomic E-state index is 12.0. The third-order valence-electron chi connectivity index (χ3n) is 5.10. The van der Waals surface area contributed by atoms with E-state index in [1.165, 1.54) is 24.5 Å². The minimum atomic E-state index is -0.757. The summed E-state index contributed by atoms with van der Waals surface area (Å²) in [6.07, 6.45) is 3.67. The van der Waals surface area contributed by atoms with Crippen LogP contribution in [-0.2, 0) is 4.74 Å². The molecular formula is C22H26ClN5O6. The van der Waals surface area contributed by atoms with Gasteiger partial charge in [0, 0.05) is 42.7 Å². The Kier molecular flexibility index (Phi) is 7.55. The number of rotatable bonds is 8. The van der Waals surface area contributed by atoms with Crippen molar-refractivity contribution in [2.75, 3.05) is 19.7 Å². The standard InChI is InChI=1S/C22H26ClN5O6/c1-22(2,3)34-21(30)27-11-13(12-27)5-4-6-33-17-8-14(19(24)29)7-16(18(17)28(31)32)15-9-25-20(23)26-10-15/h7-10,13H,4-6,11-12H2,1-3H3,(H2,24,29). The van der Waals surface area contributed by atoms with E-state index in [-0.39, 0.29) is 40.5 Å². The van der Waals surface area contributed by atoms with Crippen LogP contribution in [0.4, 0.5) is 10.5 Å². The molecule has 1 aromatic carbocycles. The average Bonchev–Trinajstić information content (AvgIpc) is 2.70. The number of carbonyl (C=O) groups excluding carboxylic acids is 2. The van der Waals surface area contributed by atoms with Crippen LogP contribution >= 0.6 is 11.6 Å². The summed E-state index contributed by atoms with van der Waals surface area (Å²) in [5.41, 5.74) is 5.00. The number of carbonyl (C=O) groups is 2. The van der Waals surface area contributed by atoms with Gasteiger partial charge in [0.15, 0.2) is 5.75 Å². The second-order valence-electron chi connectivity index (χ2n) is 8.97. The minimum absolute atomic E-state index is 0.0184. The maximum Gasteiger partial charge on any atom is 0.410 e. The van der Waals surface area contributed by atoms with Gasteiger partial charge in [-0.05, 0) is 57.2 Å². The summed E-state index contributed by atoms with van der Waals surface area (Å²) >= 11 is 5.71. The monoisotopic (exact) mass is 491 g/mol. The molecule has 0 aliphatic carbocycles. The number of halogens is 1. The van der Waals surface area contributed by atoms with Crippen LogP contribution in [0.2, 0.25) is 5.28 Å². The van der Waals surface area contributed by atoms with Crippen molar-refractivity contribution in [2.24, 2.45) is 11.7 Å². The Morgan fingerprint density at radius 3 is 2.47 bits per heavy atom. The summed E-state index contributed by atoms with van der Waals surface area (Å²) < 4.78 is 11.1. The highest BCUT2D eigenvalue weighted by Crippen LogP contribution is 2.39. The van der Waals surface area contributed by atoms with Crippen molar-refractivity contribution in [3.63, 3.8) is 0 Å². The molecule has 1 aromatic heterocycles. The van der Waals surface area contributed by atoms with Crippen molar-refractivity contribution >= 4 is 29.3 Å². The van der Waals surface area contributed by atoms with E-state index < -0.39 is 16.4 Å². The molecule has 2 N–H and O–H groups in total. The third kappa shape index (κ3) is 6.31. The molecular weight excluding hydrogens is 466 g/mol. The summed E-state index contributed by atoms with van der Waals surface area (Å²) in [5, 5.41) is 11.8. The Morgan fingerprint density at radius 1 is 1.26 bits per heavy atom. The van der Waals surface area contributed by atoms with Gasteiger partial charge in [0.1, 0.15) is 5.60 Å². The molecule has 2 amide bonds. The smallest absolute Gasteiger partial charge is 0.410 e. The zero-order chi connectivity index (χ0) is 25.0. The van der Waals surface area contributed by atoms with E-state index in [2.05, 4.69) is 9.97 Å². The van der Waals surface area contributed by atoms with Gasteiger partial charge in [0.2, 0.25) is 11.2 Å². The predicted molar refractivity (Wildman–Crippen MR) is 124 cm³/mol. The molecule has 0 radical (unpaired) electrons. The highest BCUT2D eigenvalue weighted by atomic mass is 35.5. The second-order valence-corrected chi connectivity index (χ2v) is 9.31. The van der Waals surface area contributed by atoms with E-state index in [1.54, 1.807) is 4.90 Å². The SMILES string of the molecule is CC(C)(C)OC(=O)N1CC(CCCOc2cc(C(N)=O)cc(-c3cnc(Cl)nc3)c2[N+](=O)[O-])C1. The highest BCUT2D eigenvalue weighted by molar-refractivity contribution is 6.28. The Morgan fingerprint density at radius 2 is 1.91 bits per heavy atom. The number of benzene rings is 1. The first-order chi connectivity index (χ1) is 15.9. The number of amides is 2. The zero-order valence-electron chi connectivity index (χ0n) is 19.1. The molecule has 11 nitrogen and oxygen atoms in total. The lowest BCUT2D eigenvalue weighted by Crippen LogP contribution is -2.51. The van der Waals surface area contributed by atoms with Gasteiger partial charge in [-0.25, -0.2) is 14.8 Å². The van der Waals surface area contributed by atoms with E-state index in [0.29, 0.717) is 31.0 Å². The number of hydrogen-bond donors (Lipinski definition) is 1. The largest absolute Gasteiger partial charge is 0.487 e. The van der Waals surface area contributed by atoms with Gasteiger partial charge in [-0.15, -0.1) is 0 Å². The molecule has 1 saturated heterocycles. The normalized spacial score (nSPS) is 13.8. The van der Waals surface area contributed by atoms with Crippen molar-refractivity contribution in [3.05, 3.63) is 45.5 Å². The molecule has 0 spiro atoms. The lowest BCUT2D eigenvalue weighted by molar-refractivity contribution is -0.385. The predicted octanol–water partition coefficient (Wildman–Crippen LogP) is 3.83. The Bertz CT molecular complexity index is 1080. The van der Waals surface area contributed by atoms with E-state index >= 15 is 0 Å². The number of nitro groups is 1. The summed E-state index contributed by atoms with van der Waals surface area (Å²) in [5.74, 6) is -0.535. The number of hydrogen-bond acceptors (Lipinski definition) is 8. The number of nitrogens with two attached hydrogens (primary N) is 1. The van der Waals surface area contributed by atoms with E-state index in [9.17, 15) is 19.7 Å². The van der Waals surface area contributed by atoms with Crippen LogP contribution in [0, 0.1) is 16.0 Å². The van der Waals surface area contributed by atoms with Crippen LogP contribution in [0.25, 0.3) is 11.1 Å². The number of aromatic nitrogens is 2. The molecule has 1 aliphatic rings. The first kappa shape index (κ1) is 25.2. The molecule has 12 heteroatoms. The van der Waals surface area contributed by atoms with Gasteiger partial charge in [0.05, 0.1) is 17.1 Å². The van der Waals surface area contributed by atoms with Gasteiger partial charge in [-0.2, -0.15) is 0 Å². The van der Waals surface area contributed by atoms with Crippen LogP contribution in [0.3, 0.4) is 0 Å². The molecule has 0 unspecified atom stereocenters. The first-order valence-corrected chi connectivity index (χ1v) is 11.0. The Labute approximate surface area is 201 Å². The van der Waals surface area contributed by atoms with Crippen LogP contribution in [-0.4, -0.2) is 57.1 Å². The Balaban J connectivity index is 1.65. The van der Waals surface area contributed by atoms with Gasteiger partial charge < -0.3 is 20.1 Å². The van der Waals surface area contributed by atoms with Crippen molar-refractivity contribution in [2.45, 2.75) is 39.2 Å². The number of nitro benzene ring substituents is 1. The summed E-state index contributed by atoms with van der Waals surface area (Å²) in [7, 11) is 0. The topological polar surface area (TPSA) is 151 Å². The molecule has 0 bridgehead atoms. The fraction of sp³-hybridized carbons (Fsp3) is 0.455. The van der Waals surface area contributed by atoms with Gasteiger partial charge >= 0.3 is 11.8 Å². The van der Waals surface area contributed by atoms with Crippen molar-refractivity contribution < 1.29 is 24.0 Å². The molecule has 2 heterocycles. The molecule has 1 fully saturated rings. The zero-order valence-corrected chi connectivity index (χ0v) is 19.9. The summed E-state index contributed by atoms with van der Waals surface area (Å²) in [6.45, 7) is 6.81. The molecule has 0 atom stereocenters. The number of primary amides is 1. The molecule has 1 aliphatic heterocycles. The fourth-order valence-corrected chi connectivity index (χ4v) is 3.60. The third-order valence-corrected chi connectivity index (χ3v) is 5.29. The second kappa shape index (κ2) is 10.2. The van der Waals surface area contributed by atoms with Crippen LogP contribution in [0.5, 0.6) is 5.75 Å². The van der Waals surface area contributed by atoms with Crippen LogP contribution in [0.1, 0.15) is 44.0 Å². The molecule has 3 rings (SSSR count). The van der Waals surface area contributed by atoms with E-state index in [1.807, 2.05) is 20.8 Å². The van der Waals surface area contributed by atoms with Gasteiger partial charge in [-0.3, -0.25) is 14.9 Å². The maximum atomic E-state index is 12.0. The van der Waals surface area contributed by atoms with Gasteiger partial charge in [0.25, 0.3) is 0 Å². The van der Waals surface area contributed by atoms with Crippen LogP contribution in [0.15, 0.2) is 24.5 Å². The Hall–Kier alpha value is -3.47. The molecule has 0 saturated carbocycles. The van der Waals surface area contributed by atoms with E-state index in [0.717, 1.165) is 6.42 Å². The lowest BCUT2D eigenvalue weighted by Gasteiger charge is -2.39.